The Labute approximate surface area is 351 Å². The molecular formula is C43H50Cl2N6O6S. The number of ether oxygens (including phenoxy) is 1. The van der Waals surface area contributed by atoms with Gasteiger partial charge in [0.15, 0.2) is 0 Å². The van der Waals surface area contributed by atoms with Crippen molar-refractivity contribution in [3.05, 3.63) is 122 Å². The fraction of sp³-hybridized carbons (Fsp3) is 0.372. The molecule has 0 atom stereocenters. The van der Waals surface area contributed by atoms with E-state index in [4.69, 9.17) is 27.9 Å². The number of rotatable bonds is 15. The van der Waals surface area contributed by atoms with Crippen molar-refractivity contribution in [1.29, 1.82) is 0 Å². The molecule has 308 valence electrons. The number of allylic oxidation sites excluding steroid dienone is 1. The molecular weight excluding hydrogens is 799 g/mol. The molecule has 1 saturated heterocycles. The standard InChI is InChI=1S/C43H50Cl2N6O6S/c1-43(2)18-17-31(38(28-43)30-9-11-32(44)12-10-30)29-49-21-23-50(24-22-49)34-13-15-37(41(26-34)57-35-8-5-7-33(45)25-35)42(52)47-58(55,56)36-14-16-39(40(27-36)51(53)54)46-19-6-20-48(3)4/h5,7-16,25-27,46H,6,17-24,28-29H2,1-4H3,(H,47,52). The lowest BCUT2D eigenvalue weighted by Crippen LogP contribution is -2.47. The molecule has 0 aromatic heterocycles. The number of amides is 1. The summed E-state index contributed by atoms with van der Waals surface area (Å²) in [6.07, 6.45) is 3.92. The molecule has 58 heavy (non-hydrogen) atoms. The highest BCUT2D eigenvalue weighted by atomic mass is 35.5. The molecule has 4 aromatic carbocycles. The summed E-state index contributed by atoms with van der Waals surface area (Å²) in [6.45, 7) is 9.86. The number of sulfonamides is 1. The summed E-state index contributed by atoms with van der Waals surface area (Å²) in [7, 11) is -0.682. The van der Waals surface area contributed by atoms with Crippen LogP contribution >= 0.6 is 23.2 Å². The van der Waals surface area contributed by atoms with E-state index in [9.17, 15) is 23.3 Å². The summed E-state index contributed by atoms with van der Waals surface area (Å²) in [5.41, 5.74) is 4.86. The topological polar surface area (TPSA) is 137 Å². The van der Waals surface area contributed by atoms with Crippen molar-refractivity contribution < 1.29 is 22.9 Å². The van der Waals surface area contributed by atoms with Crippen LogP contribution in [0.25, 0.3) is 5.57 Å². The number of nitrogens with one attached hydrogen (secondary N) is 2. The van der Waals surface area contributed by atoms with E-state index in [0.29, 0.717) is 17.3 Å². The van der Waals surface area contributed by atoms with Gasteiger partial charge in [-0.1, -0.05) is 60.8 Å². The first-order valence-corrected chi connectivity index (χ1v) is 21.6. The average Bonchev–Trinajstić information content (AvgIpc) is 3.17. The summed E-state index contributed by atoms with van der Waals surface area (Å²) in [4.78, 5) is 31.3. The van der Waals surface area contributed by atoms with Crippen LogP contribution in [0.2, 0.25) is 10.0 Å². The Balaban J connectivity index is 1.19. The van der Waals surface area contributed by atoms with Gasteiger partial charge in [0.2, 0.25) is 0 Å². The van der Waals surface area contributed by atoms with E-state index in [-0.39, 0.29) is 22.4 Å². The van der Waals surface area contributed by atoms with E-state index in [1.54, 1.807) is 36.4 Å². The van der Waals surface area contributed by atoms with Crippen molar-refractivity contribution in [3.8, 4) is 11.5 Å². The molecule has 0 bridgehead atoms. The monoisotopic (exact) mass is 848 g/mol. The predicted octanol–water partition coefficient (Wildman–Crippen LogP) is 8.96. The smallest absolute Gasteiger partial charge is 0.293 e. The number of anilines is 2. The molecule has 2 aliphatic rings. The molecule has 0 unspecified atom stereocenters. The zero-order chi connectivity index (χ0) is 41.6. The fourth-order valence-corrected chi connectivity index (χ4v) is 8.66. The van der Waals surface area contributed by atoms with Crippen molar-refractivity contribution in [2.45, 2.75) is 44.4 Å². The van der Waals surface area contributed by atoms with Crippen LogP contribution in [0, 0.1) is 15.5 Å². The van der Waals surface area contributed by atoms with Crippen molar-refractivity contribution in [1.82, 2.24) is 14.5 Å². The highest BCUT2D eigenvalue weighted by molar-refractivity contribution is 7.90. The van der Waals surface area contributed by atoms with E-state index in [0.717, 1.165) is 81.7 Å². The minimum Gasteiger partial charge on any atom is -0.456 e. The Kier molecular flexibility index (Phi) is 13.7. The van der Waals surface area contributed by atoms with Crippen LogP contribution in [0.3, 0.4) is 0 Å². The highest BCUT2D eigenvalue weighted by Crippen LogP contribution is 2.43. The summed E-state index contributed by atoms with van der Waals surface area (Å²) in [6, 6.07) is 23.4. The van der Waals surface area contributed by atoms with Gasteiger partial charge >= 0.3 is 0 Å². The maximum Gasteiger partial charge on any atom is 0.293 e. The Hall–Kier alpha value is -4.66. The van der Waals surface area contributed by atoms with E-state index >= 15 is 0 Å². The van der Waals surface area contributed by atoms with E-state index in [1.807, 2.05) is 31.1 Å². The molecule has 0 radical (unpaired) electrons. The predicted molar refractivity (Wildman–Crippen MR) is 232 cm³/mol. The number of carbonyl (C=O) groups excluding carboxylic acids is 1. The molecule has 0 spiro atoms. The van der Waals surface area contributed by atoms with E-state index in [1.165, 1.54) is 34.9 Å². The van der Waals surface area contributed by atoms with Gasteiger partial charge in [-0.05, 0) is 117 Å². The van der Waals surface area contributed by atoms with Crippen molar-refractivity contribution in [3.63, 3.8) is 0 Å². The second-order valence-electron chi connectivity index (χ2n) is 15.9. The van der Waals surface area contributed by atoms with Gasteiger partial charge in [-0.2, -0.15) is 0 Å². The molecule has 1 aliphatic carbocycles. The largest absolute Gasteiger partial charge is 0.456 e. The van der Waals surface area contributed by atoms with Gasteiger partial charge in [-0.15, -0.1) is 0 Å². The maximum absolute atomic E-state index is 13.8. The number of nitrogens with zero attached hydrogens (tertiary/aromatic N) is 4. The maximum atomic E-state index is 13.8. The van der Waals surface area contributed by atoms with Gasteiger partial charge in [-0.25, -0.2) is 13.1 Å². The first kappa shape index (κ1) is 42.9. The number of nitro benzene ring substituents is 1. The molecule has 12 nitrogen and oxygen atoms in total. The Bertz CT molecular complexity index is 2280. The minimum atomic E-state index is -4.53. The fourth-order valence-electron chi connectivity index (χ4n) is 7.37. The Morgan fingerprint density at radius 1 is 0.948 bits per heavy atom. The van der Waals surface area contributed by atoms with Crippen LogP contribution in [0.1, 0.15) is 55.5 Å². The lowest BCUT2D eigenvalue weighted by atomic mass is 9.72. The van der Waals surface area contributed by atoms with Crippen LogP contribution in [-0.2, 0) is 10.0 Å². The molecule has 1 heterocycles. The van der Waals surface area contributed by atoms with Crippen LogP contribution in [0.15, 0.2) is 95.4 Å². The number of hydrogen-bond acceptors (Lipinski definition) is 10. The molecule has 1 amide bonds. The second kappa shape index (κ2) is 18.5. The molecule has 0 saturated carbocycles. The number of hydrogen-bond donors (Lipinski definition) is 2. The third-order valence-electron chi connectivity index (χ3n) is 10.6. The minimum absolute atomic E-state index is 0.0403. The highest BCUT2D eigenvalue weighted by Gasteiger charge is 2.30. The van der Waals surface area contributed by atoms with Gasteiger partial charge in [0, 0.05) is 67.1 Å². The lowest BCUT2D eigenvalue weighted by molar-refractivity contribution is -0.384. The average molecular weight is 850 g/mol. The summed E-state index contributed by atoms with van der Waals surface area (Å²) in [5.74, 6) is -0.473. The zero-order valence-electron chi connectivity index (χ0n) is 33.3. The van der Waals surface area contributed by atoms with Gasteiger partial charge in [0.25, 0.3) is 21.6 Å². The normalized spacial score (nSPS) is 16.0. The number of benzene rings is 4. The molecule has 4 aromatic rings. The summed E-state index contributed by atoms with van der Waals surface area (Å²) < 4.78 is 35.3. The summed E-state index contributed by atoms with van der Waals surface area (Å²) >= 11 is 12.5. The van der Waals surface area contributed by atoms with Gasteiger partial charge in [0.05, 0.1) is 15.4 Å². The van der Waals surface area contributed by atoms with Crippen LogP contribution in [0.4, 0.5) is 17.1 Å². The zero-order valence-corrected chi connectivity index (χ0v) is 35.6. The van der Waals surface area contributed by atoms with Crippen molar-refractivity contribution in [2.75, 3.05) is 70.1 Å². The molecule has 2 N–H and O–H groups in total. The number of nitro groups is 1. The number of carbonyl (C=O) groups is 1. The van der Waals surface area contributed by atoms with Crippen molar-refractivity contribution in [2.24, 2.45) is 5.41 Å². The van der Waals surface area contributed by atoms with Crippen LogP contribution < -0.4 is 19.7 Å². The SMILES string of the molecule is CN(C)CCCNc1ccc(S(=O)(=O)NC(=O)c2ccc(N3CCN(CC4=C(c5ccc(Cl)cc5)CC(C)(C)CC4)CC3)cc2Oc2cccc(Cl)c2)cc1[N+](=O)[O-]. The quantitative estimate of drug-likeness (QED) is 0.0678. The first-order chi connectivity index (χ1) is 27.6. The lowest BCUT2D eigenvalue weighted by Gasteiger charge is -2.39. The van der Waals surface area contributed by atoms with E-state index < -0.39 is 31.4 Å². The van der Waals surface area contributed by atoms with Gasteiger partial charge < -0.3 is 19.9 Å². The van der Waals surface area contributed by atoms with Crippen molar-refractivity contribution >= 4 is 61.8 Å². The third kappa shape index (κ3) is 11.1. The van der Waals surface area contributed by atoms with Crippen LogP contribution in [-0.4, -0.2) is 89.0 Å². The second-order valence-corrected chi connectivity index (χ2v) is 18.4. The molecule has 1 aliphatic heterocycles. The molecule has 1 fully saturated rings. The third-order valence-corrected chi connectivity index (χ3v) is 12.4. The number of piperazine rings is 1. The first-order valence-electron chi connectivity index (χ1n) is 19.3. The van der Waals surface area contributed by atoms with E-state index in [2.05, 4.69) is 45.8 Å². The molecule has 6 rings (SSSR count). The molecule has 15 heteroatoms. The number of halogens is 2. The van der Waals surface area contributed by atoms with Gasteiger partial charge in [0.1, 0.15) is 17.2 Å². The van der Waals surface area contributed by atoms with Gasteiger partial charge in [-0.3, -0.25) is 19.8 Å². The summed E-state index contributed by atoms with van der Waals surface area (Å²) in [5, 5.41) is 16.1. The Morgan fingerprint density at radius 2 is 1.69 bits per heavy atom. The van der Waals surface area contributed by atoms with Crippen LogP contribution in [0.5, 0.6) is 11.5 Å². The Morgan fingerprint density at radius 3 is 2.38 bits per heavy atom.